The minimum Gasteiger partial charge on any atom is -0.351 e. The Kier molecular flexibility index (Phi) is 7.96. The van der Waals surface area contributed by atoms with Crippen LogP contribution in [-0.2, 0) is 21.4 Å². The zero-order chi connectivity index (χ0) is 19.0. The fourth-order valence-electron chi connectivity index (χ4n) is 2.28. The van der Waals surface area contributed by atoms with Gasteiger partial charge in [-0.25, -0.2) is 8.42 Å². The van der Waals surface area contributed by atoms with Crippen molar-refractivity contribution in [2.75, 3.05) is 12.0 Å². The van der Waals surface area contributed by atoms with Crippen LogP contribution in [0.1, 0.15) is 12.0 Å². The molecule has 0 saturated heterocycles. The summed E-state index contributed by atoms with van der Waals surface area (Å²) < 4.78 is 27.5. The van der Waals surface area contributed by atoms with Crippen LogP contribution in [0.3, 0.4) is 0 Å². The second-order valence-corrected chi connectivity index (χ2v) is 8.68. The molecule has 5 nitrogen and oxygen atoms in total. The van der Waals surface area contributed by atoms with Gasteiger partial charge in [0.15, 0.2) is 0 Å². The average molecular weight is 413 g/mol. The van der Waals surface area contributed by atoms with Gasteiger partial charge in [-0.2, -0.15) is 16.5 Å². The van der Waals surface area contributed by atoms with Crippen LogP contribution < -0.4 is 10.0 Å². The second kappa shape index (κ2) is 9.97. The lowest BCUT2D eigenvalue weighted by Crippen LogP contribution is -2.46. The van der Waals surface area contributed by atoms with E-state index in [1.165, 1.54) is 12.1 Å². The Hall–Kier alpha value is -1.54. The van der Waals surface area contributed by atoms with Gasteiger partial charge in [0.1, 0.15) is 6.04 Å². The van der Waals surface area contributed by atoms with Crippen molar-refractivity contribution in [1.82, 2.24) is 10.0 Å². The lowest BCUT2D eigenvalue weighted by atomic mass is 10.2. The Morgan fingerprint density at radius 1 is 1.12 bits per heavy atom. The van der Waals surface area contributed by atoms with Gasteiger partial charge in [0.25, 0.3) is 0 Å². The zero-order valence-corrected chi connectivity index (χ0v) is 16.7. The van der Waals surface area contributed by atoms with E-state index >= 15 is 0 Å². The maximum Gasteiger partial charge on any atom is 0.241 e. The predicted octanol–water partition coefficient (Wildman–Crippen LogP) is 3.06. The number of rotatable bonds is 9. The Bertz CT molecular complexity index is 829. The number of carbonyl (C=O) groups excluding carboxylic acids is 1. The first-order chi connectivity index (χ1) is 12.4. The summed E-state index contributed by atoms with van der Waals surface area (Å²) in [5.74, 6) is 0.278. The molecule has 2 aromatic carbocycles. The maximum atomic E-state index is 12.6. The molecule has 2 N–H and O–H groups in total. The average Bonchev–Trinajstić information content (AvgIpc) is 2.65. The van der Waals surface area contributed by atoms with Crippen molar-refractivity contribution in [1.29, 1.82) is 0 Å². The topological polar surface area (TPSA) is 75.3 Å². The number of sulfonamides is 1. The molecular formula is C18H21ClN2O3S2. The normalized spacial score (nSPS) is 12.5. The molecule has 0 radical (unpaired) electrons. The molecule has 0 unspecified atom stereocenters. The van der Waals surface area contributed by atoms with Crippen molar-refractivity contribution >= 4 is 39.3 Å². The molecule has 8 heteroatoms. The Balaban J connectivity index is 2.08. The fraction of sp³-hybridized carbons (Fsp3) is 0.278. The van der Waals surface area contributed by atoms with Crippen molar-refractivity contribution in [2.24, 2.45) is 0 Å². The molecule has 0 aromatic heterocycles. The molecule has 2 rings (SSSR count). The van der Waals surface area contributed by atoms with E-state index in [2.05, 4.69) is 10.0 Å². The van der Waals surface area contributed by atoms with Crippen LogP contribution >= 0.6 is 23.4 Å². The quantitative estimate of drug-likeness (QED) is 0.663. The summed E-state index contributed by atoms with van der Waals surface area (Å²) in [4.78, 5) is 12.7. The first-order valence-electron chi connectivity index (χ1n) is 8.01. The van der Waals surface area contributed by atoms with E-state index in [0.717, 1.165) is 5.56 Å². The number of thioether (sulfide) groups is 1. The highest BCUT2D eigenvalue weighted by Gasteiger charge is 2.25. The molecule has 0 heterocycles. The van der Waals surface area contributed by atoms with Crippen molar-refractivity contribution in [3.63, 3.8) is 0 Å². The van der Waals surface area contributed by atoms with Crippen molar-refractivity contribution in [3.05, 3.63) is 65.2 Å². The number of benzene rings is 2. The number of amides is 1. The summed E-state index contributed by atoms with van der Waals surface area (Å²) in [6.45, 7) is 0.237. The van der Waals surface area contributed by atoms with Crippen LogP contribution in [0.2, 0.25) is 5.02 Å². The summed E-state index contributed by atoms with van der Waals surface area (Å²) in [5.41, 5.74) is 0.775. The van der Waals surface area contributed by atoms with E-state index in [9.17, 15) is 13.2 Å². The van der Waals surface area contributed by atoms with Gasteiger partial charge in [0.05, 0.1) is 4.90 Å². The van der Waals surface area contributed by atoms with E-state index in [1.54, 1.807) is 36.0 Å². The lowest BCUT2D eigenvalue weighted by Gasteiger charge is -2.18. The van der Waals surface area contributed by atoms with Crippen molar-refractivity contribution < 1.29 is 13.2 Å². The first-order valence-corrected chi connectivity index (χ1v) is 11.3. The third kappa shape index (κ3) is 6.02. The molecule has 140 valence electrons. The first kappa shape index (κ1) is 20.8. The van der Waals surface area contributed by atoms with Crippen LogP contribution in [0.5, 0.6) is 0 Å². The third-order valence-corrected chi connectivity index (χ3v) is 6.19. The molecule has 0 aliphatic heterocycles. The van der Waals surface area contributed by atoms with Gasteiger partial charge in [-0.3, -0.25) is 4.79 Å². The van der Waals surface area contributed by atoms with E-state index in [4.69, 9.17) is 11.6 Å². The van der Waals surface area contributed by atoms with Crippen LogP contribution in [0.15, 0.2) is 59.5 Å². The Labute approximate surface area is 163 Å². The monoisotopic (exact) mass is 412 g/mol. The molecule has 26 heavy (non-hydrogen) atoms. The van der Waals surface area contributed by atoms with Gasteiger partial charge < -0.3 is 5.32 Å². The highest BCUT2D eigenvalue weighted by atomic mass is 35.5. The minimum absolute atomic E-state index is 0.132. The predicted molar refractivity (Wildman–Crippen MR) is 107 cm³/mol. The van der Waals surface area contributed by atoms with Crippen LogP contribution in [-0.4, -0.2) is 32.4 Å². The molecule has 1 amide bonds. The molecule has 0 saturated carbocycles. The van der Waals surface area contributed by atoms with Crippen molar-refractivity contribution in [3.8, 4) is 0 Å². The minimum atomic E-state index is -3.77. The SMILES string of the molecule is CSCC[C@@H](NS(=O)(=O)c1ccccc1)C(=O)NCc1ccccc1Cl. The number of hydrogen-bond donors (Lipinski definition) is 2. The molecule has 0 aliphatic rings. The molecule has 0 spiro atoms. The van der Waals surface area contributed by atoms with E-state index in [0.29, 0.717) is 17.2 Å². The molecular weight excluding hydrogens is 392 g/mol. The molecule has 0 bridgehead atoms. The third-order valence-electron chi connectivity index (χ3n) is 3.69. The Morgan fingerprint density at radius 3 is 2.42 bits per heavy atom. The fourth-order valence-corrected chi connectivity index (χ4v) is 4.21. The number of nitrogens with one attached hydrogen (secondary N) is 2. The van der Waals surface area contributed by atoms with E-state index in [1.807, 2.05) is 24.5 Å². The lowest BCUT2D eigenvalue weighted by molar-refractivity contribution is -0.122. The zero-order valence-electron chi connectivity index (χ0n) is 14.3. The van der Waals surface area contributed by atoms with E-state index < -0.39 is 16.1 Å². The van der Waals surface area contributed by atoms with Gasteiger partial charge in [0.2, 0.25) is 15.9 Å². The summed E-state index contributed by atoms with van der Waals surface area (Å²) >= 11 is 7.64. The molecule has 0 aliphatic carbocycles. The number of halogens is 1. The van der Waals surface area contributed by atoms with Crippen LogP contribution in [0, 0.1) is 0 Å². The molecule has 0 fully saturated rings. The largest absolute Gasteiger partial charge is 0.351 e. The molecule has 1 atom stereocenters. The van der Waals surface area contributed by atoms with Gasteiger partial charge in [-0.1, -0.05) is 48.0 Å². The number of carbonyl (C=O) groups is 1. The van der Waals surface area contributed by atoms with Crippen LogP contribution in [0.4, 0.5) is 0 Å². The van der Waals surface area contributed by atoms with E-state index in [-0.39, 0.29) is 17.3 Å². The highest BCUT2D eigenvalue weighted by molar-refractivity contribution is 7.98. The second-order valence-electron chi connectivity index (χ2n) is 5.58. The Morgan fingerprint density at radius 2 is 1.77 bits per heavy atom. The highest BCUT2D eigenvalue weighted by Crippen LogP contribution is 2.15. The maximum absolute atomic E-state index is 12.6. The van der Waals surface area contributed by atoms with Gasteiger partial charge in [-0.05, 0) is 42.2 Å². The smallest absolute Gasteiger partial charge is 0.241 e. The summed E-state index contributed by atoms with van der Waals surface area (Å²) in [5, 5.41) is 3.32. The van der Waals surface area contributed by atoms with Gasteiger partial charge in [-0.15, -0.1) is 0 Å². The number of hydrogen-bond acceptors (Lipinski definition) is 4. The van der Waals surface area contributed by atoms with Crippen LogP contribution in [0.25, 0.3) is 0 Å². The van der Waals surface area contributed by atoms with Crippen molar-refractivity contribution in [2.45, 2.75) is 23.9 Å². The van der Waals surface area contributed by atoms with Gasteiger partial charge in [0, 0.05) is 11.6 Å². The summed E-state index contributed by atoms with van der Waals surface area (Å²) in [6, 6.07) is 14.4. The summed E-state index contributed by atoms with van der Waals surface area (Å²) in [7, 11) is -3.77. The van der Waals surface area contributed by atoms with Gasteiger partial charge >= 0.3 is 0 Å². The summed E-state index contributed by atoms with van der Waals surface area (Å²) in [6.07, 6.45) is 2.30. The standard InChI is InChI=1S/C18H21ClN2O3S2/c1-25-12-11-17(21-26(23,24)15-8-3-2-4-9-15)18(22)20-13-14-7-5-6-10-16(14)19/h2-10,17,21H,11-13H2,1H3,(H,20,22)/t17-/m1/s1. The molecule has 2 aromatic rings.